The molecule has 4 N–H and O–H groups in total. The van der Waals surface area contributed by atoms with Crippen molar-refractivity contribution in [2.24, 2.45) is 12.8 Å². The molecule has 1 rings (SSSR count). The van der Waals surface area contributed by atoms with Crippen LogP contribution in [0.3, 0.4) is 0 Å². The molecule has 0 aliphatic heterocycles. The first-order valence-corrected chi connectivity index (χ1v) is 6.60. The van der Waals surface area contributed by atoms with E-state index >= 15 is 0 Å². The molecule has 0 atom stereocenters. The fourth-order valence-corrected chi connectivity index (χ4v) is 2.09. The number of aryl methyl sites for hydroxylation is 2. The van der Waals surface area contributed by atoms with Gasteiger partial charge in [-0.25, -0.2) is 0 Å². The fraction of sp³-hybridized carbons (Fsp3) is 0.583. The van der Waals surface area contributed by atoms with Crippen molar-refractivity contribution in [3.63, 3.8) is 0 Å². The number of aromatic nitrogens is 2. The van der Waals surface area contributed by atoms with E-state index in [0.29, 0.717) is 18.0 Å². The number of anilines is 1. The Labute approximate surface area is 118 Å². The van der Waals surface area contributed by atoms with Crippen LogP contribution in [0.5, 0.6) is 0 Å². The number of carbonyl (C=O) groups is 1. The summed E-state index contributed by atoms with van der Waals surface area (Å²) >= 11 is 5.01. The number of hydrogen-bond donors (Lipinski definition) is 3. The lowest BCUT2D eigenvalue weighted by Gasteiger charge is -2.11. The maximum absolute atomic E-state index is 11.5. The molecule has 1 aromatic heterocycles. The summed E-state index contributed by atoms with van der Waals surface area (Å²) < 4.78 is 1.68. The fourth-order valence-electron chi connectivity index (χ4n) is 1.84. The highest BCUT2D eigenvalue weighted by Crippen LogP contribution is 2.18. The summed E-state index contributed by atoms with van der Waals surface area (Å²) in [6, 6.07) is 0.152. The van der Waals surface area contributed by atoms with Crippen molar-refractivity contribution in [2.75, 3.05) is 11.9 Å². The van der Waals surface area contributed by atoms with E-state index in [-0.39, 0.29) is 11.9 Å². The highest BCUT2D eigenvalue weighted by atomic mass is 32.1. The summed E-state index contributed by atoms with van der Waals surface area (Å²) in [5.41, 5.74) is 7.20. The number of amides is 1. The van der Waals surface area contributed by atoms with E-state index in [1.54, 1.807) is 4.68 Å². The Bertz CT molecular complexity index is 481. The topological polar surface area (TPSA) is 85.0 Å². The molecule has 0 fully saturated rings. The van der Waals surface area contributed by atoms with Gasteiger partial charge in [0.1, 0.15) is 10.8 Å². The van der Waals surface area contributed by atoms with Crippen LogP contribution in [-0.2, 0) is 11.8 Å². The van der Waals surface area contributed by atoms with Crippen LogP contribution in [0.1, 0.15) is 31.5 Å². The van der Waals surface area contributed by atoms with E-state index in [0.717, 1.165) is 17.1 Å². The number of carbonyl (C=O) groups excluding carboxylic acids is 1. The lowest BCUT2D eigenvalue weighted by atomic mass is 10.2. The number of nitrogens with one attached hydrogen (secondary N) is 2. The minimum absolute atomic E-state index is 0.0123. The van der Waals surface area contributed by atoms with Crippen molar-refractivity contribution < 1.29 is 4.79 Å². The highest BCUT2D eigenvalue weighted by molar-refractivity contribution is 7.80. The van der Waals surface area contributed by atoms with Gasteiger partial charge in [0, 0.05) is 26.1 Å². The van der Waals surface area contributed by atoms with Crippen molar-refractivity contribution in [3.8, 4) is 0 Å². The van der Waals surface area contributed by atoms with Crippen molar-refractivity contribution >= 4 is 28.9 Å². The van der Waals surface area contributed by atoms with E-state index in [1.165, 1.54) is 0 Å². The monoisotopic (exact) mass is 283 g/mol. The average Bonchev–Trinajstić information content (AvgIpc) is 2.52. The SMILES string of the molecule is Cc1nn(C)c(NCCC(=O)NC(C)C)c1C(N)=S. The first-order valence-electron chi connectivity index (χ1n) is 6.19. The third kappa shape index (κ3) is 4.20. The lowest BCUT2D eigenvalue weighted by molar-refractivity contribution is -0.121. The van der Waals surface area contributed by atoms with Crippen LogP contribution in [0.25, 0.3) is 0 Å². The van der Waals surface area contributed by atoms with Gasteiger partial charge in [-0.15, -0.1) is 0 Å². The van der Waals surface area contributed by atoms with Gasteiger partial charge in [-0.1, -0.05) is 12.2 Å². The molecule has 0 spiro atoms. The second kappa shape index (κ2) is 6.51. The van der Waals surface area contributed by atoms with Gasteiger partial charge in [0.15, 0.2) is 0 Å². The first-order chi connectivity index (χ1) is 8.82. The van der Waals surface area contributed by atoms with E-state index in [9.17, 15) is 4.79 Å². The molecular weight excluding hydrogens is 262 g/mol. The molecule has 0 bridgehead atoms. The predicted octanol–water partition coefficient (Wildman–Crippen LogP) is 0.689. The number of hydrogen-bond acceptors (Lipinski definition) is 4. The quantitative estimate of drug-likeness (QED) is 0.669. The third-order valence-corrected chi connectivity index (χ3v) is 2.77. The van der Waals surface area contributed by atoms with Gasteiger partial charge >= 0.3 is 0 Å². The summed E-state index contributed by atoms with van der Waals surface area (Å²) in [7, 11) is 1.81. The van der Waals surface area contributed by atoms with Crippen LogP contribution in [0.15, 0.2) is 0 Å². The molecular formula is C12H21N5OS. The molecule has 0 saturated carbocycles. The Morgan fingerprint density at radius 3 is 2.68 bits per heavy atom. The summed E-state index contributed by atoms with van der Waals surface area (Å²) in [5.74, 6) is 0.764. The minimum Gasteiger partial charge on any atom is -0.389 e. The second-order valence-electron chi connectivity index (χ2n) is 4.70. The molecule has 0 radical (unpaired) electrons. The Hall–Kier alpha value is -1.63. The van der Waals surface area contributed by atoms with Crippen molar-refractivity contribution in [3.05, 3.63) is 11.3 Å². The molecule has 19 heavy (non-hydrogen) atoms. The molecule has 0 saturated heterocycles. The van der Waals surface area contributed by atoms with E-state index in [2.05, 4.69) is 15.7 Å². The number of thiocarbonyl (C=S) groups is 1. The number of nitrogens with two attached hydrogens (primary N) is 1. The second-order valence-corrected chi connectivity index (χ2v) is 5.14. The highest BCUT2D eigenvalue weighted by Gasteiger charge is 2.15. The zero-order valence-electron chi connectivity index (χ0n) is 11.8. The van der Waals surface area contributed by atoms with Gasteiger partial charge < -0.3 is 16.4 Å². The Balaban J connectivity index is 2.63. The van der Waals surface area contributed by atoms with Crippen LogP contribution in [0, 0.1) is 6.92 Å². The summed E-state index contributed by atoms with van der Waals surface area (Å²) in [5, 5.41) is 10.3. The van der Waals surface area contributed by atoms with Crippen LogP contribution < -0.4 is 16.4 Å². The molecule has 106 valence electrons. The molecule has 6 nitrogen and oxygen atoms in total. The van der Waals surface area contributed by atoms with Crippen LogP contribution in [0.2, 0.25) is 0 Å². The largest absolute Gasteiger partial charge is 0.389 e. The molecule has 1 heterocycles. The van der Waals surface area contributed by atoms with Crippen molar-refractivity contribution in [1.82, 2.24) is 15.1 Å². The smallest absolute Gasteiger partial charge is 0.221 e. The van der Waals surface area contributed by atoms with Crippen molar-refractivity contribution in [1.29, 1.82) is 0 Å². The van der Waals surface area contributed by atoms with Gasteiger partial charge in [-0.3, -0.25) is 9.48 Å². The maximum atomic E-state index is 11.5. The van der Waals surface area contributed by atoms with Gasteiger partial charge in [0.05, 0.1) is 11.3 Å². The van der Waals surface area contributed by atoms with E-state index < -0.39 is 0 Å². The third-order valence-electron chi connectivity index (χ3n) is 2.56. The first kappa shape index (κ1) is 15.4. The minimum atomic E-state index is 0.0123. The summed E-state index contributed by atoms with van der Waals surface area (Å²) in [6.07, 6.45) is 0.388. The molecule has 1 aromatic rings. The Morgan fingerprint density at radius 1 is 1.53 bits per heavy atom. The van der Waals surface area contributed by atoms with Crippen LogP contribution in [0.4, 0.5) is 5.82 Å². The molecule has 0 unspecified atom stereocenters. The van der Waals surface area contributed by atoms with Gasteiger partial charge in [-0.2, -0.15) is 5.10 Å². The predicted molar refractivity (Wildman–Crippen MR) is 80.2 cm³/mol. The molecule has 0 aliphatic rings. The van der Waals surface area contributed by atoms with Gasteiger partial charge in [-0.05, 0) is 20.8 Å². The lowest BCUT2D eigenvalue weighted by Crippen LogP contribution is -2.31. The molecule has 0 aromatic carbocycles. The Kier molecular flexibility index (Phi) is 5.29. The van der Waals surface area contributed by atoms with Crippen LogP contribution >= 0.6 is 12.2 Å². The van der Waals surface area contributed by atoms with Gasteiger partial charge in [0.2, 0.25) is 5.91 Å². The molecule has 7 heteroatoms. The van der Waals surface area contributed by atoms with E-state index in [1.807, 2.05) is 27.8 Å². The standard InChI is InChI=1S/C12H21N5OS/c1-7(2)15-9(18)5-6-14-12-10(11(13)19)8(3)16-17(12)4/h7,14H,5-6H2,1-4H3,(H2,13,19)(H,15,18). The molecule has 1 amide bonds. The van der Waals surface area contributed by atoms with E-state index in [4.69, 9.17) is 18.0 Å². The molecule has 0 aliphatic carbocycles. The normalized spacial score (nSPS) is 10.6. The number of nitrogens with zero attached hydrogens (tertiary/aromatic N) is 2. The maximum Gasteiger partial charge on any atom is 0.221 e. The van der Waals surface area contributed by atoms with Crippen molar-refractivity contribution in [2.45, 2.75) is 33.2 Å². The average molecular weight is 283 g/mol. The summed E-state index contributed by atoms with van der Waals surface area (Å²) in [4.78, 5) is 11.8. The zero-order valence-corrected chi connectivity index (χ0v) is 12.6. The van der Waals surface area contributed by atoms with Crippen LogP contribution in [-0.4, -0.2) is 33.3 Å². The van der Waals surface area contributed by atoms with Gasteiger partial charge in [0.25, 0.3) is 0 Å². The Morgan fingerprint density at radius 2 is 2.16 bits per heavy atom. The summed E-state index contributed by atoms with van der Waals surface area (Å²) in [6.45, 7) is 6.22. The number of rotatable bonds is 6. The zero-order chi connectivity index (χ0) is 14.6.